The highest BCUT2D eigenvalue weighted by molar-refractivity contribution is 6.17. The maximum Gasteiger partial charge on any atom is 0.238 e. The van der Waals surface area contributed by atoms with Crippen LogP contribution in [0, 0.1) is 5.92 Å². The Labute approximate surface area is 242 Å². The van der Waals surface area contributed by atoms with Crippen LogP contribution < -0.4 is 14.8 Å². The maximum absolute atomic E-state index is 14.8. The molecular weight excluding hydrogens is 530 g/mol. The van der Waals surface area contributed by atoms with Gasteiger partial charge in [-0.15, -0.1) is 0 Å². The number of nitrogens with zero attached hydrogens (tertiary/aromatic N) is 2. The number of pyridine rings is 1. The van der Waals surface area contributed by atoms with E-state index in [1.54, 1.807) is 42.7 Å². The number of carbonyl (C=O) groups excluding carboxylic acids is 3. The van der Waals surface area contributed by atoms with Crippen molar-refractivity contribution in [1.29, 1.82) is 0 Å². The minimum atomic E-state index is -1.40. The Morgan fingerprint density at radius 2 is 1.67 bits per heavy atom. The molecule has 1 amide bonds. The standard InChI is InChI=1S/C34H27N3O5/c1-41-22-11-12-24(27(19-22)42-2)31(39)29-28(30(38)21-13-16-35-17-14-21)34(25-9-5-6-10-26(25)36-33(34)40)32-23-8-4-3-7-20(23)15-18-37(29)32/h3-19,28-29,32H,1-2H3,(H,36,40). The lowest BCUT2D eigenvalue weighted by Crippen LogP contribution is -2.49. The van der Waals surface area contributed by atoms with Gasteiger partial charge in [0.25, 0.3) is 0 Å². The van der Waals surface area contributed by atoms with Crippen molar-refractivity contribution < 1.29 is 23.9 Å². The minimum Gasteiger partial charge on any atom is -0.497 e. The Morgan fingerprint density at radius 1 is 0.905 bits per heavy atom. The number of rotatable bonds is 6. The van der Waals surface area contributed by atoms with Crippen LogP contribution >= 0.6 is 0 Å². The van der Waals surface area contributed by atoms with Crippen molar-refractivity contribution in [2.45, 2.75) is 17.5 Å². The molecule has 1 spiro atoms. The van der Waals surface area contributed by atoms with Crippen LogP contribution in [0.3, 0.4) is 0 Å². The average molecular weight is 558 g/mol. The number of amides is 1. The number of fused-ring (bicyclic) bond motifs is 6. The molecule has 0 aliphatic carbocycles. The van der Waals surface area contributed by atoms with Crippen LogP contribution in [-0.4, -0.2) is 47.6 Å². The van der Waals surface area contributed by atoms with Crippen LogP contribution in [0.5, 0.6) is 11.5 Å². The van der Waals surface area contributed by atoms with Crippen LogP contribution in [0.1, 0.15) is 43.4 Å². The topological polar surface area (TPSA) is 97.8 Å². The van der Waals surface area contributed by atoms with Crippen molar-refractivity contribution in [3.8, 4) is 11.5 Å². The SMILES string of the molecule is COc1ccc(C(=O)C2C(C(=O)c3ccncc3)C3(C(=O)Nc4ccccc43)C3c4ccccc4C=CN23)c(OC)c1. The fraction of sp³-hybridized carbons (Fsp3) is 0.176. The minimum absolute atomic E-state index is 0.297. The molecule has 3 aliphatic rings. The second-order valence-electron chi connectivity index (χ2n) is 10.6. The number of aromatic nitrogens is 1. The van der Waals surface area contributed by atoms with Crippen molar-refractivity contribution in [1.82, 2.24) is 9.88 Å². The number of benzene rings is 3. The van der Waals surface area contributed by atoms with E-state index in [2.05, 4.69) is 10.3 Å². The van der Waals surface area contributed by atoms with E-state index >= 15 is 0 Å². The number of carbonyl (C=O) groups is 3. The van der Waals surface area contributed by atoms with Crippen LogP contribution in [-0.2, 0) is 10.2 Å². The maximum atomic E-state index is 14.8. The third kappa shape index (κ3) is 3.48. The van der Waals surface area contributed by atoms with Crippen molar-refractivity contribution in [3.63, 3.8) is 0 Å². The lowest BCUT2D eigenvalue weighted by Gasteiger charge is -2.38. The molecule has 3 aliphatic heterocycles. The van der Waals surface area contributed by atoms with Crippen LogP contribution in [0.4, 0.5) is 5.69 Å². The van der Waals surface area contributed by atoms with E-state index in [-0.39, 0.29) is 17.5 Å². The van der Waals surface area contributed by atoms with E-state index in [1.165, 1.54) is 14.2 Å². The molecule has 1 fully saturated rings. The van der Waals surface area contributed by atoms with Gasteiger partial charge in [-0.3, -0.25) is 19.4 Å². The molecule has 8 heteroatoms. The molecule has 1 N–H and O–H groups in total. The van der Waals surface area contributed by atoms with E-state index in [0.29, 0.717) is 33.9 Å². The molecule has 0 saturated carbocycles. The lowest BCUT2D eigenvalue weighted by atomic mass is 9.62. The predicted octanol–water partition coefficient (Wildman–Crippen LogP) is 5.08. The van der Waals surface area contributed by atoms with Crippen LogP contribution in [0.15, 0.2) is 97.5 Å². The largest absolute Gasteiger partial charge is 0.497 e. The molecule has 4 heterocycles. The zero-order valence-corrected chi connectivity index (χ0v) is 23.0. The number of methoxy groups -OCH3 is 2. The van der Waals surface area contributed by atoms with Gasteiger partial charge in [-0.25, -0.2) is 0 Å². The highest BCUT2D eigenvalue weighted by atomic mass is 16.5. The molecule has 0 bridgehead atoms. The summed E-state index contributed by atoms with van der Waals surface area (Å²) in [6, 6.07) is 21.9. The van der Waals surface area contributed by atoms with Gasteiger partial charge >= 0.3 is 0 Å². The quantitative estimate of drug-likeness (QED) is 0.330. The van der Waals surface area contributed by atoms with Crippen molar-refractivity contribution in [2.75, 3.05) is 19.5 Å². The van der Waals surface area contributed by atoms with E-state index in [0.717, 1.165) is 11.1 Å². The lowest BCUT2D eigenvalue weighted by molar-refractivity contribution is -0.122. The number of ether oxygens (including phenoxy) is 2. The summed E-state index contributed by atoms with van der Waals surface area (Å²) in [5.74, 6) is -1.17. The smallest absolute Gasteiger partial charge is 0.238 e. The van der Waals surface area contributed by atoms with E-state index in [1.807, 2.05) is 65.7 Å². The molecule has 0 radical (unpaired) electrons. The van der Waals surface area contributed by atoms with E-state index in [9.17, 15) is 14.4 Å². The first-order chi connectivity index (χ1) is 20.5. The summed E-state index contributed by atoms with van der Waals surface area (Å²) in [6.45, 7) is 0. The molecule has 42 heavy (non-hydrogen) atoms. The molecule has 4 aromatic rings. The van der Waals surface area contributed by atoms with Gasteiger partial charge < -0.3 is 19.7 Å². The summed E-state index contributed by atoms with van der Waals surface area (Å²) < 4.78 is 11.0. The molecule has 1 aromatic heterocycles. The Kier molecular flexibility index (Phi) is 5.93. The molecule has 208 valence electrons. The third-order valence-corrected chi connectivity index (χ3v) is 8.76. The number of anilines is 1. The van der Waals surface area contributed by atoms with Crippen molar-refractivity contribution in [2.24, 2.45) is 5.92 Å². The van der Waals surface area contributed by atoms with Gasteiger partial charge in [0.15, 0.2) is 11.6 Å². The van der Waals surface area contributed by atoms with Gasteiger partial charge in [-0.2, -0.15) is 0 Å². The van der Waals surface area contributed by atoms with Gasteiger partial charge in [0.05, 0.1) is 31.7 Å². The Morgan fingerprint density at radius 3 is 2.45 bits per heavy atom. The number of hydrogen-bond donors (Lipinski definition) is 1. The zero-order valence-electron chi connectivity index (χ0n) is 23.0. The Hall–Kier alpha value is -5.24. The van der Waals surface area contributed by atoms with Crippen molar-refractivity contribution in [3.05, 3.63) is 125 Å². The number of hydrogen-bond acceptors (Lipinski definition) is 7. The molecule has 8 nitrogen and oxygen atoms in total. The first-order valence-electron chi connectivity index (χ1n) is 13.7. The first-order valence-corrected chi connectivity index (χ1v) is 13.7. The normalized spacial score (nSPS) is 23.1. The van der Waals surface area contributed by atoms with Gasteiger partial charge in [0, 0.05) is 35.9 Å². The molecular formula is C34H27N3O5. The van der Waals surface area contributed by atoms with Gasteiger partial charge in [0.2, 0.25) is 5.91 Å². The molecule has 1 saturated heterocycles. The van der Waals surface area contributed by atoms with Gasteiger partial charge in [-0.05, 0) is 53.1 Å². The van der Waals surface area contributed by atoms with E-state index < -0.39 is 23.4 Å². The summed E-state index contributed by atoms with van der Waals surface area (Å²) in [4.78, 5) is 50.1. The molecule has 7 rings (SSSR count). The summed E-state index contributed by atoms with van der Waals surface area (Å²) in [5.41, 5.74) is 2.40. The first kappa shape index (κ1) is 25.7. The fourth-order valence-electron chi connectivity index (χ4n) is 7.02. The summed E-state index contributed by atoms with van der Waals surface area (Å²) >= 11 is 0. The Balaban J connectivity index is 1.53. The number of para-hydroxylation sites is 1. The predicted molar refractivity (Wildman–Crippen MR) is 157 cm³/mol. The number of nitrogens with one attached hydrogen (secondary N) is 1. The van der Waals surface area contributed by atoms with Crippen molar-refractivity contribution >= 4 is 29.2 Å². The highest BCUT2D eigenvalue weighted by Gasteiger charge is 2.70. The number of ketones is 2. The molecule has 4 atom stereocenters. The monoisotopic (exact) mass is 557 g/mol. The van der Waals surface area contributed by atoms with E-state index in [4.69, 9.17) is 9.47 Å². The van der Waals surface area contributed by atoms with Crippen LogP contribution in [0.2, 0.25) is 0 Å². The zero-order chi connectivity index (χ0) is 29.0. The average Bonchev–Trinajstić information content (AvgIpc) is 3.52. The highest BCUT2D eigenvalue weighted by Crippen LogP contribution is 2.62. The Bertz CT molecular complexity index is 1790. The van der Waals surface area contributed by atoms with Gasteiger partial charge in [0.1, 0.15) is 23.0 Å². The summed E-state index contributed by atoms with van der Waals surface area (Å²) in [6.07, 6.45) is 6.87. The third-order valence-electron chi connectivity index (χ3n) is 8.76. The molecule has 4 unspecified atom stereocenters. The second-order valence-corrected chi connectivity index (χ2v) is 10.6. The summed E-state index contributed by atoms with van der Waals surface area (Å²) in [7, 11) is 3.03. The number of Topliss-reactive ketones (excluding diaryl/α,β-unsaturated/α-hetero) is 2. The van der Waals surface area contributed by atoms with Crippen LogP contribution in [0.25, 0.3) is 6.08 Å². The second kappa shape index (κ2) is 9.69. The summed E-state index contributed by atoms with van der Waals surface area (Å²) in [5, 5.41) is 3.06. The van der Waals surface area contributed by atoms with Gasteiger partial charge in [-0.1, -0.05) is 42.5 Å². The fourth-order valence-corrected chi connectivity index (χ4v) is 7.02. The molecule has 3 aromatic carbocycles.